The Bertz CT molecular complexity index is 1370. The van der Waals surface area contributed by atoms with Gasteiger partial charge in [0, 0.05) is 23.2 Å². The largest absolute Gasteiger partial charge is 0.383 e. The second kappa shape index (κ2) is 7.58. The van der Waals surface area contributed by atoms with E-state index in [0.29, 0.717) is 34.2 Å². The zero-order chi connectivity index (χ0) is 23.3. The smallest absolute Gasteiger partial charge is 0.326 e. The third-order valence-corrected chi connectivity index (χ3v) is 5.55. The number of rotatable bonds is 4. The molecule has 3 aromatic heterocycles. The van der Waals surface area contributed by atoms with Crippen LogP contribution in [-0.4, -0.2) is 26.0 Å². The molecule has 1 aliphatic carbocycles. The van der Waals surface area contributed by atoms with Crippen LogP contribution >= 0.6 is 0 Å². The summed E-state index contributed by atoms with van der Waals surface area (Å²) in [6.07, 6.45) is 3.74. The van der Waals surface area contributed by atoms with Crippen LogP contribution < -0.4 is 16.4 Å². The highest BCUT2D eigenvalue weighted by Crippen LogP contribution is 2.41. The number of anilines is 3. The van der Waals surface area contributed by atoms with Gasteiger partial charge in [-0.2, -0.15) is 5.10 Å². The van der Waals surface area contributed by atoms with Crippen molar-refractivity contribution in [2.24, 2.45) is 0 Å². The predicted molar refractivity (Wildman–Crippen MR) is 123 cm³/mol. The maximum absolute atomic E-state index is 14.9. The molecular weight excluding hydrogens is 425 g/mol. The Balaban J connectivity index is 1.38. The Morgan fingerprint density at radius 3 is 2.67 bits per heavy atom. The summed E-state index contributed by atoms with van der Waals surface area (Å²) in [4.78, 5) is 16.5. The Morgan fingerprint density at radius 2 is 2.00 bits per heavy atom. The summed E-state index contributed by atoms with van der Waals surface area (Å²) in [6, 6.07) is 7.69. The van der Waals surface area contributed by atoms with Crippen molar-refractivity contribution >= 4 is 34.3 Å². The number of nitrogens with two attached hydrogens (primary N) is 1. The fraction of sp³-hybridized carbons (Fsp3) is 0.304. The van der Waals surface area contributed by atoms with Crippen LogP contribution in [0.1, 0.15) is 45.3 Å². The van der Waals surface area contributed by atoms with E-state index in [1.54, 1.807) is 18.3 Å². The molecule has 4 N–H and O–H groups in total. The number of halogens is 1. The molecule has 1 saturated carbocycles. The molecule has 170 valence electrons. The third kappa shape index (κ3) is 3.99. The van der Waals surface area contributed by atoms with Gasteiger partial charge >= 0.3 is 6.03 Å². The number of pyridine rings is 1. The minimum Gasteiger partial charge on any atom is -0.383 e. The number of amides is 2. The normalized spacial score (nSPS) is 13.9. The van der Waals surface area contributed by atoms with E-state index in [9.17, 15) is 9.18 Å². The molecule has 0 radical (unpaired) electrons. The first kappa shape index (κ1) is 20.9. The highest BCUT2D eigenvalue weighted by Gasteiger charge is 2.28. The summed E-state index contributed by atoms with van der Waals surface area (Å²) in [6.45, 7) is 5.94. The van der Waals surface area contributed by atoms with Gasteiger partial charge in [0.15, 0.2) is 0 Å². The number of nitrogen functional groups attached to an aromatic ring is 1. The predicted octanol–water partition coefficient (Wildman–Crippen LogP) is 5.08. The van der Waals surface area contributed by atoms with Gasteiger partial charge in [-0.3, -0.25) is 10.00 Å². The van der Waals surface area contributed by atoms with Crippen LogP contribution in [-0.2, 0) is 5.41 Å². The number of nitrogens with one attached hydrogen (secondary N) is 2. The zero-order valence-corrected chi connectivity index (χ0v) is 18.5. The van der Waals surface area contributed by atoms with Crippen molar-refractivity contribution in [3.8, 4) is 11.3 Å². The Hall–Kier alpha value is -3.95. The molecule has 0 unspecified atom stereocenters. The minimum atomic E-state index is -0.643. The number of aromatic nitrogens is 4. The van der Waals surface area contributed by atoms with Gasteiger partial charge in [0.25, 0.3) is 0 Å². The first-order valence-electron chi connectivity index (χ1n) is 10.7. The van der Waals surface area contributed by atoms with E-state index in [1.165, 1.54) is 12.1 Å². The topological polar surface area (TPSA) is 124 Å². The number of hydrogen-bond donors (Lipinski definition) is 3. The molecular formula is C23H24FN7O2. The Labute approximate surface area is 189 Å². The van der Waals surface area contributed by atoms with Crippen molar-refractivity contribution in [3.05, 3.63) is 48.0 Å². The highest BCUT2D eigenvalue weighted by atomic mass is 19.1. The second-order valence-corrected chi connectivity index (χ2v) is 9.21. The molecule has 9 nitrogen and oxygen atoms in total. The van der Waals surface area contributed by atoms with Crippen molar-refractivity contribution in [2.75, 3.05) is 16.4 Å². The van der Waals surface area contributed by atoms with E-state index >= 15 is 0 Å². The minimum absolute atomic E-state index is 0.0174. The first-order chi connectivity index (χ1) is 15.7. The SMILES string of the molecule is CC(C)(C)c1cc(NC(=O)Nc2ccc(-c3nn(C4CC4)c4ccnc(N)c34)cc2F)on1. The van der Waals surface area contributed by atoms with Crippen molar-refractivity contribution in [1.82, 2.24) is 19.9 Å². The average molecular weight is 449 g/mol. The summed E-state index contributed by atoms with van der Waals surface area (Å²) in [5, 5.41) is 14.4. The molecule has 10 heteroatoms. The van der Waals surface area contributed by atoms with Crippen LogP contribution in [0.15, 0.2) is 41.1 Å². The van der Waals surface area contributed by atoms with Gasteiger partial charge in [-0.15, -0.1) is 0 Å². The quantitative estimate of drug-likeness (QED) is 0.399. The molecule has 2 amide bonds. The molecule has 5 rings (SSSR count). The Kier molecular flexibility index (Phi) is 4.80. The van der Waals surface area contributed by atoms with Crippen molar-refractivity contribution in [3.63, 3.8) is 0 Å². The van der Waals surface area contributed by atoms with Crippen LogP contribution in [0.2, 0.25) is 0 Å². The summed E-state index contributed by atoms with van der Waals surface area (Å²) in [5.74, 6) is -0.0835. The number of benzene rings is 1. The van der Waals surface area contributed by atoms with Crippen LogP contribution in [0.4, 0.5) is 26.6 Å². The Morgan fingerprint density at radius 1 is 1.21 bits per heavy atom. The summed E-state index contributed by atoms with van der Waals surface area (Å²) < 4.78 is 22.0. The van der Waals surface area contributed by atoms with Gasteiger partial charge in [-0.1, -0.05) is 32.0 Å². The second-order valence-electron chi connectivity index (χ2n) is 9.21. The molecule has 0 saturated heterocycles. The van der Waals surface area contributed by atoms with Crippen LogP contribution in [0, 0.1) is 5.82 Å². The maximum Gasteiger partial charge on any atom is 0.326 e. The molecule has 1 fully saturated rings. The van der Waals surface area contributed by atoms with Crippen LogP contribution in [0.3, 0.4) is 0 Å². The van der Waals surface area contributed by atoms with E-state index in [1.807, 2.05) is 31.5 Å². The lowest BCUT2D eigenvalue weighted by atomic mass is 9.92. The van der Waals surface area contributed by atoms with Crippen molar-refractivity contribution < 1.29 is 13.7 Å². The molecule has 0 atom stereocenters. The molecule has 0 aliphatic heterocycles. The maximum atomic E-state index is 14.9. The van der Waals surface area contributed by atoms with Gasteiger partial charge in [-0.25, -0.2) is 14.2 Å². The van der Waals surface area contributed by atoms with E-state index < -0.39 is 11.8 Å². The number of urea groups is 1. The van der Waals surface area contributed by atoms with E-state index in [0.717, 1.165) is 18.4 Å². The third-order valence-electron chi connectivity index (χ3n) is 5.55. The average Bonchev–Trinajstić information content (AvgIpc) is 3.34. The summed E-state index contributed by atoms with van der Waals surface area (Å²) >= 11 is 0. The van der Waals surface area contributed by atoms with E-state index in [-0.39, 0.29) is 17.0 Å². The fourth-order valence-corrected chi connectivity index (χ4v) is 3.63. The molecule has 1 aliphatic rings. The molecule has 4 aromatic rings. The number of hydrogen-bond acceptors (Lipinski definition) is 6. The van der Waals surface area contributed by atoms with Gasteiger partial charge in [-0.05, 0) is 31.0 Å². The molecule has 0 spiro atoms. The summed E-state index contributed by atoms with van der Waals surface area (Å²) in [5.41, 5.74) is 8.60. The summed E-state index contributed by atoms with van der Waals surface area (Å²) in [7, 11) is 0. The van der Waals surface area contributed by atoms with Crippen LogP contribution in [0.5, 0.6) is 0 Å². The van der Waals surface area contributed by atoms with Crippen LogP contribution in [0.25, 0.3) is 22.2 Å². The van der Waals surface area contributed by atoms with E-state index in [4.69, 9.17) is 15.4 Å². The molecule has 1 aromatic carbocycles. The first-order valence-corrected chi connectivity index (χ1v) is 10.7. The monoisotopic (exact) mass is 449 g/mol. The van der Waals surface area contributed by atoms with Gasteiger partial charge in [0.1, 0.15) is 17.3 Å². The highest BCUT2D eigenvalue weighted by molar-refractivity contribution is 6.01. The zero-order valence-electron chi connectivity index (χ0n) is 18.5. The number of nitrogens with zero attached hydrogens (tertiary/aromatic N) is 4. The van der Waals surface area contributed by atoms with Gasteiger partial charge < -0.3 is 15.6 Å². The molecule has 0 bridgehead atoms. The number of carbonyl (C=O) groups excluding carboxylic acids is 1. The molecule has 3 heterocycles. The van der Waals surface area contributed by atoms with Crippen molar-refractivity contribution in [2.45, 2.75) is 45.1 Å². The molecule has 33 heavy (non-hydrogen) atoms. The standard InChI is InChI=1S/C23H24FN7O2/c1-23(2,3)17-11-18(33-30-17)28-22(32)27-15-7-4-12(10-14(15)24)20-19-16(8-9-26-21(19)25)31(29-20)13-5-6-13/h4,7-11,13H,5-6H2,1-3H3,(H2,25,26)(H2,27,28,32). The lowest BCUT2D eigenvalue weighted by Crippen LogP contribution is -2.20. The number of fused-ring (bicyclic) bond motifs is 1. The number of carbonyl (C=O) groups is 1. The lowest BCUT2D eigenvalue weighted by molar-refractivity contribution is 0.261. The van der Waals surface area contributed by atoms with Crippen molar-refractivity contribution in [1.29, 1.82) is 0 Å². The van der Waals surface area contributed by atoms with Gasteiger partial charge in [0.2, 0.25) is 5.88 Å². The van der Waals surface area contributed by atoms with Gasteiger partial charge in [0.05, 0.1) is 28.3 Å². The lowest BCUT2D eigenvalue weighted by Gasteiger charge is -2.12. The van der Waals surface area contributed by atoms with E-state index in [2.05, 4.69) is 20.8 Å². The fourth-order valence-electron chi connectivity index (χ4n) is 3.63.